The standard InChI is InChI=1S/C29H27Cl3F3N5O4/c1-4-29(2,43)27(42)36-12-14-5-7-17(30)25(24(14)32)39-28-38-20-10-16(22(44-13-23(34)35)11-21(20)40(28)3)26(41)37-15-6-8-19(33)18(31)9-15/h5-11,23,43H,4,12-13H2,1-3H3,(H,36,42)(H,37,41)(H,38,39). The maximum atomic E-state index is 13.6. The second-order valence-corrected chi connectivity index (χ2v) is 11.1. The minimum Gasteiger partial charge on any atom is -0.487 e. The van der Waals surface area contributed by atoms with Crippen molar-refractivity contribution in [3.63, 3.8) is 0 Å². The second kappa shape index (κ2) is 13.5. The maximum absolute atomic E-state index is 13.6. The number of benzene rings is 3. The van der Waals surface area contributed by atoms with E-state index in [0.717, 1.165) is 6.07 Å². The van der Waals surface area contributed by atoms with Crippen molar-refractivity contribution in [3.8, 4) is 5.75 Å². The van der Waals surface area contributed by atoms with Crippen molar-refractivity contribution in [2.45, 2.75) is 38.8 Å². The number of carbonyl (C=O) groups excluding carboxylic acids is 2. The van der Waals surface area contributed by atoms with E-state index >= 15 is 0 Å². The van der Waals surface area contributed by atoms with Crippen LogP contribution in [-0.4, -0.2) is 45.1 Å². The van der Waals surface area contributed by atoms with Gasteiger partial charge in [-0.3, -0.25) is 9.59 Å². The van der Waals surface area contributed by atoms with Crippen molar-refractivity contribution >= 4 is 75.0 Å². The molecule has 4 aromatic rings. The Labute approximate surface area is 265 Å². The summed E-state index contributed by atoms with van der Waals surface area (Å²) < 4.78 is 46.5. The predicted octanol–water partition coefficient (Wildman–Crippen LogP) is 7.09. The summed E-state index contributed by atoms with van der Waals surface area (Å²) in [5.41, 5.74) is -0.0217. The average Bonchev–Trinajstić information content (AvgIpc) is 3.28. The molecule has 4 rings (SSSR count). The van der Waals surface area contributed by atoms with Crippen molar-refractivity contribution in [1.29, 1.82) is 0 Å². The van der Waals surface area contributed by atoms with Gasteiger partial charge >= 0.3 is 0 Å². The number of aromatic nitrogens is 2. The number of hydrogen-bond acceptors (Lipinski definition) is 6. The van der Waals surface area contributed by atoms with Crippen LogP contribution in [-0.2, 0) is 18.4 Å². The summed E-state index contributed by atoms with van der Waals surface area (Å²) in [6.07, 6.45) is -2.60. The number of anilines is 3. The van der Waals surface area contributed by atoms with Crippen LogP contribution in [0.3, 0.4) is 0 Å². The molecule has 0 saturated carbocycles. The van der Waals surface area contributed by atoms with Crippen molar-refractivity contribution in [2.75, 3.05) is 17.2 Å². The van der Waals surface area contributed by atoms with Gasteiger partial charge in [0.15, 0.2) is 0 Å². The zero-order valence-electron chi connectivity index (χ0n) is 23.6. The highest BCUT2D eigenvalue weighted by molar-refractivity contribution is 6.39. The summed E-state index contributed by atoms with van der Waals surface area (Å²) in [6, 6.07) is 9.50. The van der Waals surface area contributed by atoms with Crippen LogP contribution in [0.1, 0.15) is 36.2 Å². The van der Waals surface area contributed by atoms with E-state index in [2.05, 4.69) is 20.9 Å². The van der Waals surface area contributed by atoms with Crippen LogP contribution in [0.25, 0.3) is 11.0 Å². The Morgan fingerprint density at radius 1 is 1.11 bits per heavy atom. The van der Waals surface area contributed by atoms with Gasteiger partial charge in [0.05, 0.1) is 37.4 Å². The fourth-order valence-electron chi connectivity index (χ4n) is 4.04. The van der Waals surface area contributed by atoms with E-state index in [-0.39, 0.29) is 56.7 Å². The first-order chi connectivity index (χ1) is 20.7. The fraction of sp³-hybridized carbons (Fsp3) is 0.276. The lowest BCUT2D eigenvalue weighted by Gasteiger charge is -2.21. The summed E-state index contributed by atoms with van der Waals surface area (Å²) in [6.45, 7) is 2.12. The van der Waals surface area contributed by atoms with Crippen LogP contribution in [0.5, 0.6) is 5.75 Å². The maximum Gasteiger partial charge on any atom is 0.272 e. The first-order valence-corrected chi connectivity index (χ1v) is 14.3. The van der Waals surface area contributed by atoms with E-state index < -0.39 is 36.3 Å². The average molecular weight is 673 g/mol. The van der Waals surface area contributed by atoms with Gasteiger partial charge < -0.3 is 30.4 Å². The molecule has 0 aliphatic carbocycles. The SMILES string of the molecule is CCC(C)(O)C(=O)NCc1ccc(Cl)c(Nc2nc3cc(C(=O)Nc4ccc(F)c(Cl)c4)c(OCC(F)F)cc3n2C)c1Cl. The normalized spacial score (nSPS) is 12.7. The lowest BCUT2D eigenvalue weighted by molar-refractivity contribution is -0.138. The number of imidazole rings is 1. The number of carbonyl (C=O) groups is 2. The first-order valence-electron chi connectivity index (χ1n) is 13.1. The number of aryl methyl sites for hydroxylation is 1. The Morgan fingerprint density at radius 2 is 1.84 bits per heavy atom. The van der Waals surface area contributed by atoms with Gasteiger partial charge in [0, 0.05) is 25.3 Å². The van der Waals surface area contributed by atoms with Crippen LogP contribution in [0, 0.1) is 5.82 Å². The van der Waals surface area contributed by atoms with Crippen LogP contribution in [0.4, 0.5) is 30.5 Å². The molecule has 1 aromatic heterocycles. The molecular weight excluding hydrogens is 646 g/mol. The Kier molecular flexibility index (Phi) is 10.2. The molecule has 1 atom stereocenters. The van der Waals surface area contributed by atoms with E-state index in [9.17, 15) is 27.9 Å². The van der Waals surface area contributed by atoms with Crippen LogP contribution < -0.4 is 20.7 Å². The molecule has 9 nitrogen and oxygen atoms in total. The second-order valence-electron chi connectivity index (χ2n) is 9.95. The number of nitrogens with one attached hydrogen (secondary N) is 3. The molecule has 0 saturated heterocycles. The third-order valence-electron chi connectivity index (χ3n) is 6.79. The fourth-order valence-corrected chi connectivity index (χ4v) is 4.75. The molecule has 0 aliphatic heterocycles. The number of halogens is 6. The summed E-state index contributed by atoms with van der Waals surface area (Å²) in [4.78, 5) is 30.0. The summed E-state index contributed by atoms with van der Waals surface area (Å²) >= 11 is 18.9. The molecule has 234 valence electrons. The number of alkyl halides is 2. The summed E-state index contributed by atoms with van der Waals surface area (Å²) in [5, 5.41) is 18.6. The Bertz CT molecular complexity index is 1730. The van der Waals surface area contributed by atoms with Gasteiger partial charge in [0.2, 0.25) is 5.95 Å². The lowest BCUT2D eigenvalue weighted by atomic mass is 10.0. The summed E-state index contributed by atoms with van der Waals surface area (Å²) in [5.74, 6) is -1.90. The minimum absolute atomic E-state index is 0.00474. The summed E-state index contributed by atoms with van der Waals surface area (Å²) in [7, 11) is 1.63. The number of nitrogens with zero attached hydrogens (tertiary/aromatic N) is 2. The van der Waals surface area contributed by atoms with Gasteiger partial charge in [-0.05, 0) is 49.2 Å². The van der Waals surface area contributed by atoms with Gasteiger partial charge in [-0.1, -0.05) is 47.8 Å². The van der Waals surface area contributed by atoms with Gasteiger partial charge in [0.25, 0.3) is 18.2 Å². The molecule has 15 heteroatoms. The number of amides is 2. The van der Waals surface area contributed by atoms with Crippen LogP contribution in [0.2, 0.25) is 15.1 Å². The number of fused-ring (bicyclic) bond motifs is 1. The van der Waals surface area contributed by atoms with Crippen LogP contribution >= 0.6 is 34.8 Å². The molecule has 1 heterocycles. The van der Waals surface area contributed by atoms with Crippen molar-refractivity contribution in [2.24, 2.45) is 7.05 Å². The van der Waals surface area contributed by atoms with E-state index in [4.69, 9.17) is 39.5 Å². The van der Waals surface area contributed by atoms with Crippen molar-refractivity contribution in [3.05, 3.63) is 74.5 Å². The number of rotatable bonds is 11. The highest BCUT2D eigenvalue weighted by Crippen LogP contribution is 2.37. The molecule has 0 fully saturated rings. The third-order valence-corrected chi connectivity index (χ3v) is 7.83. The molecular formula is C29H27Cl3F3N5O4. The van der Waals surface area contributed by atoms with Crippen molar-refractivity contribution < 1.29 is 32.6 Å². The van der Waals surface area contributed by atoms with E-state index in [1.807, 2.05) is 0 Å². The van der Waals surface area contributed by atoms with Crippen LogP contribution in [0.15, 0.2) is 42.5 Å². The molecule has 4 N–H and O–H groups in total. The quantitative estimate of drug-likeness (QED) is 0.135. The molecule has 44 heavy (non-hydrogen) atoms. The zero-order valence-corrected chi connectivity index (χ0v) is 25.8. The Balaban J connectivity index is 1.67. The smallest absolute Gasteiger partial charge is 0.272 e. The third kappa shape index (κ3) is 7.32. The van der Waals surface area contributed by atoms with E-state index in [0.29, 0.717) is 16.6 Å². The van der Waals surface area contributed by atoms with Gasteiger partial charge in [-0.2, -0.15) is 0 Å². The Hall–Kier alpha value is -3.71. The first kappa shape index (κ1) is 33.2. The highest BCUT2D eigenvalue weighted by atomic mass is 35.5. The van der Waals surface area contributed by atoms with Gasteiger partial charge in [-0.15, -0.1) is 0 Å². The number of hydrogen-bond donors (Lipinski definition) is 4. The lowest BCUT2D eigenvalue weighted by Crippen LogP contribution is -2.43. The zero-order chi connectivity index (χ0) is 32.3. The predicted molar refractivity (Wildman–Crippen MR) is 164 cm³/mol. The topological polar surface area (TPSA) is 118 Å². The molecule has 2 amide bonds. The Morgan fingerprint density at radius 3 is 2.50 bits per heavy atom. The molecule has 0 radical (unpaired) electrons. The molecule has 0 spiro atoms. The van der Waals surface area contributed by atoms with E-state index in [1.54, 1.807) is 30.7 Å². The van der Waals surface area contributed by atoms with Gasteiger partial charge in [-0.25, -0.2) is 18.2 Å². The highest BCUT2D eigenvalue weighted by Gasteiger charge is 2.28. The van der Waals surface area contributed by atoms with Gasteiger partial charge in [0.1, 0.15) is 23.8 Å². The molecule has 0 aliphatic rings. The van der Waals surface area contributed by atoms with Crippen molar-refractivity contribution in [1.82, 2.24) is 14.9 Å². The number of aliphatic hydroxyl groups is 1. The van der Waals surface area contributed by atoms with E-state index in [1.165, 1.54) is 31.2 Å². The largest absolute Gasteiger partial charge is 0.487 e. The molecule has 3 aromatic carbocycles. The molecule has 1 unspecified atom stereocenters. The minimum atomic E-state index is -2.81. The molecule has 0 bridgehead atoms. The number of ether oxygens (including phenoxy) is 1. The monoisotopic (exact) mass is 671 g/mol.